The monoisotopic (exact) mass is 291 g/mol. The first-order valence-electron chi connectivity index (χ1n) is 7.12. The van der Waals surface area contributed by atoms with Gasteiger partial charge in [-0.15, -0.1) is 0 Å². The molecule has 1 N–H and O–H groups in total. The SMILES string of the molecule is CC(C)Oc1ccccc1C(=O)N1CC[C@](C)(C(=O)O)C1. The van der Waals surface area contributed by atoms with Crippen LogP contribution in [0.25, 0.3) is 0 Å². The van der Waals surface area contributed by atoms with Gasteiger partial charge in [-0.1, -0.05) is 12.1 Å². The lowest BCUT2D eigenvalue weighted by Gasteiger charge is -2.21. The lowest BCUT2D eigenvalue weighted by molar-refractivity contribution is -0.147. The Morgan fingerprint density at radius 3 is 2.57 bits per heavy atom. The third-order valence-electron chi connectivity index (χ3n) is 3.76. The lowest BCUT2D eigenvalue weighted by Crippen LogP contribution is -2.35. The van der Waals surface area contributed by atoms with Gasteiger partial charge in [-0.3, -0.25) is 9.59 Å². The number of carbonyl (C=O) groups is 2. The summed E-state index contributed by atoms with van der Waals surface area (Å²) in [7, 11) is 0. The van der Waals surface area contributed by atoms with Crippen LogP contribution in [0.4, 0.5) is 0 Å². The van der Waals surface area contributed by atoms with Gasteiger partial charge in [0.2, 0.25) is 0 Å². The lowest BCUT2D eigenvalue weighted by atomic mass is 9.90. The van der Waals surface area contributed by atoms with Crippen LogP contribution < -0.4 is 4.74 Å². The Bertz CT molecular complexity index is 555. The molecule has 0 aromatic heterocycles. The summed E-state index contributed by atoms with van der Waals surface area (Å²) >= 11 is 0. The molecule has 0 bridgehead atoms. The third kappa shape index (κ3) is 3.17. The van der Waals surface area contributed by atoms with E-state index in [2.05, 4.69) is 0 Å². The molecule has 1 saturated heterocycles. The number of ether oxygens (including phenoxy) is 1. The summed E-state index contributed by atoms with van der Waals surface area (Å²) in [6.07, 6.45) is 0.447. The van der Waals surface area contributed by atoms with E-state index in [0.29, 0.717) is 24.3 Å². The van der Waals surface area contributed by atoms with Gasteiger partial charge in [0.25, 0.3) is 5.91 Å². The molecule has 2 rings (SSSR count). The van der Waals surface area contributed by atoms with Crippen LogP contribution in [-0.2, 0) is 4.79 Å². The van der Waals surface area contributed by atoms with Crippen LogP contribution in [0.2, 0.25) is 0 Å². The first-order chi connectivity index (χ1) is 9.83. The maximum absolute atomic E-state index is 12.6. The molecule has 0 unspecified atom stereocenters. The summed E-state index contributed by atoms with van der Waals surface area (Å²) in [5.41, 5.74) is -0.371. The molecule has 1 aromatic rings. The first kappa shape index (κ1) is 15.4. The molecule has 0 aliphatic carbocycles. The zero-order valence-corrected chi connectivity index (χ0v) is 12.6. The van der Waals surface area contributed by atoms with Crippen molar-refractivity contribution in [3.8, 4) is 5.75 Å². The predicted octanol–water partition coefficient (Wildman–Crippen LogP) is 2.41. The van der Waals surface area contributed by atoms with Crippen LogP contribution in [0.1, 0.15) is 37.6 Å². The zero-order valence-electron chi connectivity index (χ0n) is 12.6. The minimum atomic E-state index is -0.858. The predicted molar refractivity (Wildman–Crippen MR) is 78.5 cm³/mol. The van der Waals surface area contributed by atoms with Crippen LogP contribution >= 0.6 is 0 Å². The summed E-state index contributed by atoms with van der Waals surface area (Å²) in [5.74, 6) is -0.484. The molecule has 1 amide bonds. The quantitative estimate of drug-likeness (QED) is 0.925. The molecule has 1 heterocycles. The number of aliphatic carboxylic acids is 1. The molecular weight excluding hydrogens is 270 g/mol. The standard InChI is InChI=1S/C16H21NO4/c1-11(2)21-13-7-5-4-6-12(13)14(18)17-9-8-16(3,10-17)15(19)20/h4-7,11H,8-10H2,1-3H3,(H,19,20)/t16-/m0/s1. The molecular formula is C16H21NO4. The topological polar surface area (TPSA) is 66.8 Å². The first-order valence-corrected chi connectivity index (χ1v) is 7.12. The Kier molecular flexibility index (Phi) is 4.21. The molecule has 5 heteroatoms. The van der Waals surface area contributed by atoms with Crippen molar-refractivity contribution in [3.63, 3.8) is 0 Å². The average molecular weight is 291 g/mol. The normalized spacial score (nSPS) is 21.6. The molecule has 1 fully saturated rings. The van der Waals surface area contributed by atoms with Crippen molar-refractivity contribution in [3.05, 3.63) is 29.8 Å². The van der Waals surface area contributed by atoms with Crippen molar-refractivity contribution in [2.45, 2.75) is 33.3 Å². The fraction of sp³-hybridized carbons (Fsp3) is 0.500. The van der Waals surface area contributed by atoms with Crippen LogP contribution in [0, 0.1) is 5.41 Å². The Labute approximate surface area is 124 Å². The fourth-order valence-electron chi connectivity index (χ4n) is 2.48. The minimum Gasteiger partial charge on any atom is -0.490 e. The van der Waals surface area contributed by atoms with Gasteiger partial charge in [-0.2, -0.15) is 0 Å². The van der Waals surface area contributed by atoms with E-state index in [1.54, 1.807) is 30.0 Å². The van der Waals surface area contributed by atoms with E-state index in [-0.39, 0.29) is 18.6 Å². The number of benzene rings is 1. The fourth-order valence-corrected chi connectivity index (χ4v) is 2.48. The Hall–Kier alpha value is -2.04. The van der Waals surface area contributed by atoms with Crippen LogP contribution in [0.5, 0.6) is 5.75 Å². The van der Waals surface area contributed by atoms with Crippen molar-refractivity contribution in [1.29, 1.82) is 0 Å². The van der Waals surface area contributed by atoms with Gasteiger partial charge in [0.15, 0.2) is 0 Å². The Morgan fingerprint density at radius 1 is 1.33 bits per heavy atom. The number of rotatable bonds is 4. The second-order valence-electron chi connectivity index (χ2n) is 6.01. The number of carbonyl (C=O) groups excluding carboxylic acids is 1. The molecule has 1 aromatic carbocycles. The van der Waals surface area contributed by atoms with Crippen molar-refractivity contribution in [2.24, 2.45) is 5.41 Å². The Balaban J connectivity index is 2.20. The molecule has 5 nitrogen and oxygen atoms in total. The molecule has 0 saturated carbocycles. The third-order valence-corrected chi connectivity index (χ3v) is 3.76. The van der Waals surface area contributed by atoms with Crippen molar-refractivity contribution in [1.82, 2.24) is 4.90 Å². The second kappa shape index (κ2) is 5.76. The smallest absolute Gasteiger partial charge is 0.311 e. The molecule has 1 aliphatic rings. The van der Waals surface area contributed by atoms with Crippen molar-refractivity contribution >= 4 is 11.9 Å². The molecule has 1 aliphatic heterocycles. The maximum atomic E-state index is 12.6. The van der Waals surface area contributed by atoms with E-state index in [0.717, 1.165) is 0 Å². The summed E-state index contributed by atoms with van der Waals surface area (Å²) in [6, 6.07) is 7.09. The number of likely N-dealkylation sites (tertiary alicyclic amines) is 1. The van der Waals surface area contributed by atoms with Gasteiger partial charge in [0, 0.05) is 13.1 Å². The summed E-state index contributed by atoms with van der Waals surface area (Å²) in [4.78, 5) is 25.5. The van der Waals surface area contributed by atoms with E-state index in [1.165, 1.54) is 0 Å². The number of hydrogen-bond acceptors (Lipinski definition) is 3. The molecule has 21 heavy (non-hydrogen) atoms. The number of hydrogen-bond donors (Lipinski definition) is 1. The van der Waals surface area contributed by atoms with Gasteiger partial charge < -0.3 is 14.7 Å². The van der Waals surface area contributed by atoms with Crippen LogP contribution in [0.15, 0.2) is 24.3 Å². The van der Waals surface area contributed by atoms with Crippen molar-refractivity contribution < 1.29 is 19.4 Å². The molecule has 1 atom stereocenters. The van der Waals surface area contributed by atoms with E-state index >= 15 is 0 Å². The zero-order chi connectivity index (χ0) is 15.6. The van der Waals surface area contributed by atoms with Crippen LogP contribution in [-0.4, -0.2) is 41.1 Å². The van der Waals surface area contributed by atoms with E-state index < -0.39 is 11.4 Å². The number of carboxylic acid groups (broad SMARTS) is 1. The highest BCUT2D eigenvalue weighted by Crippen LogP contribution is 2.32. The average Bonchev–Trinajstić information content (AvgIpc) is 2.82. The molecule has 0 radical (unpaired) electrons. The van der Waals surface area contributed by atoms with Crippen molar-refractivity contribution in [2.75, 3.05) is 13.1 Å². The molecule has 0 spiro atoms. The summed E-state index contributed by atoms with van der Waals surface area (Å²) in [6.45, 7) is 6.17. The number of para-hydroxylation sites is 1. The molecule has 114 valence electrons. The van der Waals surface area contributed by atoms with Crippen LogP contribution in [0.3, 0.4) is 0 Å². The van der Waals surface area contributed by atoms with Gasteiger partial charge in [-0.05, 0) is 39.3 Å². The number of amides is 1. The van der Waals surface area contributed by atoms with Gasteiger partial charge in [0.1, 0.15) is 5.75 Å². The number of nitrogens with zero attached hydrogens (tertiary/aromatic N) is 1. The van der Waals surface area contributed by atoms with Gasteiger partial charge in [-0.25, -0.2) is 0 Å². The summed E-state index contributed by atoms with van der Waals surface area (Å²) < 4.78 is 5.66. The van der Waals surface area contributed by atoms with E-state index in [1.807, 2.05) is 19.9 Å². The van der Waals surface area contributed by atoms with Gasteiger partial charge >= 0.3 is 5.97 Å². The summed E-state index contributed by atoms with van der Waals surface area (Å²) in [5, 5.41) is 9.25. The minimum absolute atomic E-state index is 0.0261. The largest absolute Gasteiger partial charge is 0.490 e. The number of carboxylic acids is 1. The highest BCUT2D eigenvalue weighted by Gasteiger charge is 2.42. The highest BCUT2D eigenvalue weighted by atomic mass is 16.5. The Morgan fingerprint density at radius 2 is 2.00 bits per heavy atom. The van der Waals surface area contributed by atoms with E-state index in [4.69, 9.17) is 4.74 Å². The van der Waals surface area contributed by atoms with E-state index in [9.17, 15) is 14.7 Å². The van der Waals surface area contributed by atoms with Gasteiger partial charge in [0.05, 0.1) is 17.1 Å². The maximum Gasteiger partial charge on any atom is 0.311 e. The second-order valence-corrected chi connectivity index (χ2v) is 6.01. The highest BCUT2D eigenvalue weighted by molar-refractivity contribution is 5.97.